The van der Waals surface area contributed by atoms with Crippen LogP contribution in [-0.4, -0.2) is 28.9 Å². The van der Waals surface area contributed by atoms with Gasteiger partial charge in [-0.05, 0) is 54.7 Å². The van der Waals surface area contributed by atoms with Crippen molar-refractivity contribution in [3.05, 3.63) is 64.4 Å². The van der Waals surface area contributed by atoms with Gasteiger partial charge in [0.25, 0.3) is 5.91 Å². The Balaban J connectivity index is 1.64. The molecule has 0 N–H and O–H groups in total. The molecule has 21 heavy (non-hydrogen) atoms. The maximum Gasteiger partial charge on any atom is 0.253 e. The van der Waals surface area contributed by atoms with Gasteiger partial charge in [0.05, 0.1) is 0 Å². The summed E-state index contributed by atoms with van der Waals surface area (Å²) in [5.41, 5.74) is 2.09. The average Bonchev–Trinajstić information content (AvgIpc) is 2.55. The number of carbonyl (C=O) groups is 1. The predicted molar refractivity (Wildman–Crippen MR) is 86.3 cm³/mol. The number of nitrogens with zero attached hydrogens (tertiary/aromatic N) is 2. The molecule has 0 radical (unpaired) electrons. The number of hydrogen-bond donors (Lipinski definition) is 0. The zero-order valence-corrected chi connectivity index (χ0v) is 13.3. The molecule has 1 fully saturated rings. The van der Waals surface area contributed by atoms with Gasteiger partial charge in [0.1, 0.15) is 0 Å². The highest BCUT2D eigenvalue weighted by molar-refractivity contribution is 9.10. The SMILES string of the molecule is O=C(c1cccc(Br)c1)N1CCC(c2ccncc2)CC1. The number of hydrogen-bond acceptors (Lipinski definition) is 2. The highest BCUT2D eigenvalue weighted by Gasteiger charge is 2.24. The maximum atomic E-state index is 12.5. The van der Waals surface area contributed by atoms with Gasteiger partial charge in [-0.2, -0.15) is 0 Å². The van der Waals surface area contributed by atoms with Gasteiger partial charge in [0.15, 0.2) is 0 Å². The zero-order chi connectivity index (χ0) is 14.7. The van der Waals surface area contributed by atoms with E-state index in [-0.39, 0.29) is 5.91 Å². The van der Waals surface area contributed by atoms with E-state index in [1.165, 1.54) is 5.56 Å². The second kappa shape index (κ2) is 6.39. The monoisotopic (exact) mass is 344 g/mol. The Hall–Kier alpha value is -1.68. The van der Waals surface area contributed by atoms with E-state index in [1.807, 2.05) is 41.6 Å². The molecule has 0 saturated carbocycles. The van der Waals surface area contributed by atoms with Crippen molar-refractivity contribution in [3.63, 3.8) is 0 Å². The third-order valence-corrected chi connectivity index (χ3v) is 4.52. The summed E-state index contributed by atoms with van der Waals surface area (Å²) in [5.74, 6) is 0.670. The van der Waals surface area contributed by atoms with Crippen LogP contribution >= 0.6 is 15.9 Å². The predicted octanol–water partition coefficient (Wildman–Crippen LogP) is 3.86. The second-order valence-electron chi connectivity index (χ2n) is 5.36. The number of aromatic nitrogens is 1. The summed E-state index contributed by atoms with van der Waals surface area (Å²) in [6, 6.07) is 11.8. The van der Waals surface area contributed by atoms with Gasteiger partial charge in [0.2, 0.25) is 0 Å². The standard InChI is InChI=1S/C17H17BrN2O/c18-16-3-1-2-15(12-16)17(21)20-10-6-14(7-11-20)13-4-8-19-9-5-13/h1-5,8-9,12,14H,6-7,10-11H2. The molecule has 1 aliphatic rings. The van der Waals surface area contributed by atoms with Crippen LogP contribution < -0.4 is 0 Å². The van der Waals surface area contributed by atoms with Crippen LogP contribution in [0, 0.1) is 0 Å². The van der Waals surface area contributed by atoms with E-state index in [9.17, 15) is 4.79 Å². The fourth-order valence-corrected chi connectivity index (χ4v) is 3.25. The third kappa shape index (κ3) is 3.32. The molecule has 3 nitrogen and oxygen atoms in total. The van der Waals surface area contributed by atoms with Crippen LogP contribution in [0.1, 0.15) is 34.7 Å². The van der Waals surface area contributed by atoms with E-state index in [4.69, 9.17) is 0 Å². The van der Waals surface area contributed by atoms with Gasteiger partial charge in [-0.1, -0.05) is 22.0 Å². The first-order chi connectivity index (χ1) is 10.2. The molecule has 108 valence electrons. The Bertz CT molecular complexity index is 622. The number of piperidine rings is 1. The first kappa shape index (κ1) is 14.3. The maximum absolute atomic E-state index is 12.5. The van der Waals surface area contributed by atoms with Crippen molar-refractivity contribution in [2.24, 2.45) is 0 Å². The number of carbonyl (C=O) groups excluding carboxylic acids is 1. The summed E-state index contributed by atoms with van der Waals surface area (Å²) >= 11 is 3.42. The molecule has 0 bridgehead atoms. The molecule has 0 atom stereocenters. The van der Waals surface area contributed by atoms with Crippen molar-refractivity contribution in [2.75, 3.05) is 13.1 Å². The van der Waals surface area contributed by atoms with Crippen molar-refractivity contribution in [2.45, 2.75) is 18.8 Å². The van der Waals surface area contributed by atoms with Crippen LogP contribution in [0.5, 0.6) is 0 Å². The number of pyridine rings is 1. The molecule has 1 saturated heterocycles. The van der Waals surface area contributed by atoms with Crippen LogP contribution in [0.2, 0.25) is 0 Å². The molecule has 0 aliphatic carbocycles. The second-order valence-corrected chi connectivity index (χ2v) is 6.27. The van der Waals surface area contributed by atoms with Gasteiger partial charge in [0, 0.05) is 35.5 Å². The average molecular weight is 345 g/mol. The van der Waals surface area contributed by atoms with Gasteiger partial charge < -0.3 is 4.90 Å². The van der Waals surface area contributed by atoms with Gasteiger partial charge >= 0.3 is 0 Å². The van der Waals surface area contributed by atoms with E-state index in [0.717, 1.165) is 36.0 Å². The summed E-state index contributed by atoms with van der Waals surface area (Å²) in [6.45, 7) is 1.64. The molecule has 4 heteroatoms. The minimum Gasteiger partial charge on any atom is -0.339 e. The molecule has 3 rings (SSSR count). The van der Waals surface area contributed by atoms with Gasteiger partial charge in [-0.25, -0.2) is 0 Å². The minimum atomic E-state index is 0.129. The summed E-state index contributed by atoms with van der Waals surface area (Å²) in [5, 5.41) is 0. The van der Waals surface area contributed by atoms with Gasteiger partial charge in [-0.15, -0.1) is 0 Å². The summed E-state index contributed by atoms with van der Waals surface area (Å²) in [4.78, 5) is 18.5. The normalized spacial score (nSPS) is 16.0. The quantitative estimate of drug-likeness (QED) is 0.828. The number of rotatable bonds is 2. The van der Waals surface area contributed by atoms with Crippen molar-refractivity contribution in [1.29, 1.82) is 0 Å². The fourth-order valence-electron chi connectivity index (χ4n) is 2.86. The molecule has 1 amide bonds. The molecule has 0 unspecified atom stereocenters. The Morgan fingerprint density at radius 2 is 1.86 bits per heavy atom. The number of benzene rings is 1. The summed E-state index contributed by atoms with van der Waals surface area (Å²) < 4.78 is 0.944. The van der Waals surface area contributed by atoms with E-state index < -0.39 is 0 Å². The van der Waals surface area contributed by atoms with Crippen LogP contribution in [0.15, 0.2) is 53.3 Å². The molecule has 2 aromatic rings. The highest BCUT2D eigenvalue weighted by atomic mass is 79.9. The van der Waals surface area contributed by atoms with Crippen LogP contribution in [0.25, 0.3) is 0 Å². The molecular formula is C17H17BrN2O. The molecular weight excluding hydrogens is 328 g/mol. The van der Waals surface area contributed by atoms with E-state index in [1.54, 1.807) is 0 Å². The first-order valence-corrected chi connectivity index (χ1v) is 7.98. The Morgan fingerprint density at radius 1 is 1.14 bits per heavy atom. The van der Waals surface area contributed by atoms with Crippen molar-refractivity contribution >= 4 is 21.8 Å². The van der Waals surface area contributed by atoms with E-state index in [0.29, 0.717) is 5.92 Å². The Morgan fingerprint density at radius 3 is 2.52 bits per heavy atom. The number of halogens is 1. The number of likely N-dealkylation sites (tertiary alicyclic amines) is 1. The van der Waals surface area contributed by atoms with Crippen LogP contribution in [0.3, 0.4) is 0 Å². The Labute approximate surface area is 133 Å². The van der Waals surface area contributed by atoms with Crippen molar-refractivity contribution in [1.82, 2.24) is 9.88 Å². The largest absolute Gasteiger partial charge is 0.339 e. The van der Waals surface area contributed by atoms with Crippen molar-refractivity contribution in [3.8, 4) is 0 Å². The van der Waals surface area contributed by atoms with Crippen LogP contribution in [0.4, 0.5) is 0 Å². The smallest absolute Gasteiger partial charge is 0.253 e. The molecule has 1 aliphatic heterocycles. The lowest BCUT2D eigenvalue weighted by Crippen LogP contribution is -2.37. The minimum absolute atomic E-state index is 0.129. The molecule has 1 aromatic carbocycles. The highest BCUT2D eigenvalue weighted by Crippen LogP contribution is 2.28. The van der Waals surface area contributed by atoms with Gasteiger partial charge in [-0.3, -0.25) is 9.78 Å². The topological polar surface area (TPSA) is 33.2 Å². The first-order valence-electron chi connectivity index (χ1n) is 7.19. The van der Waals surface area contributed by atoms with E-state index >= 15 is 0 Å². The lowest BCUT2D eigenvalue weighted by molar-refractivity contribution is 0.0713. The zero-order valence-electron chi connectivity index (χ0n) is 11.7. The molecule has 0 spiro atoms. The molecule has 2 heterocycles. The summed E-state index contributed by atoms with van der Waals surface area (Å²) in [6.07, 6.45) is 5.72. The fraction of sp³-hybridized carbons (Fsp3) is 0.294. The van der Waals surface area contributed by atoms with Crippen LogP contribution in [-0.2, 0) is 0 Å². The lowest BCUT2D eigenvalue weighted by Gasteiger charge is -2.32. The van der Waals surface area contributed by atoms with Crippen molar-refractivity contribution < 1.29 is 4.79 Å². The summed E-state index contributed by atoms with van der Waals surface area (Å²) in [7, 11) is 0. The lowest BCUT2D eigenvalue weighted by atomic mass is 9.90. The third-order valence-electron chi connectivity index (χ3n) is 4.03. The van der Waals surface area contributed by atoms with E-state index in [2.05, 4.69) is 33.0 Å². The Kier molecular flexibility index (Phi) is 4.34. The number of amides is 1. The molecule has 1 aromatic heterocycles.